The Kier molecular flexibility index (Phi) is 4.61. The molecule has 0 fully saturated rings. The first-order valence-electron chi connectivity index (χ1n) is 6.03. The largest absolute Gasteiger partial charge is 0.228 e. The summed E-state index contributed by atoms with van der Waals surface area (Å²) in [6.45, 7) is 0. The molecule has 0 unspecified atom stereocenters. The topological polar surface area (TPSA) is 57.9 Å². The minimum atomic E-state index is -3.51. The van der Waals surface area contributed by atoms with Gasteiger partial charge in [-0.2, -0.15) is 5.26 Å². The van der Waals surface area contributed by atoms with Crippen LogP contribution in [0.25, 0.3) is 0 Å². The molecule has 2 aromatic carbocycles. The Balaban J connectivity index is 2.18. The van der Waals surface area contributed by atoms with E-state index in [9.17, 15) is 12.8 Å². The van der Waals surface area contributed by atoms with Crippen molar-refractivity contribution in [3.05, 3.63) is 70.0 Å². The zero-order valence-electron chi connectivity index (χ0n) is 10.9. The molecule has 0 radical (unpaired) electrons. The molecular weight excluding hydrogens is 313 g/mol. The molecule has 0 aliphatic carbocycles. The van der Waals surface area contributed by atoms with E-state index < -0.39 is 21.4 Å². The molecular formula is C15H11ClFNO2S. The maximum Gasteiger partial charge on any atom is 0.158 e. The van der Waals surface area contributed by atoms with Crippen LogP contribution in [-0.2, 0) is 21.3 Å². The van der Waals surface area contributed by atoms with Crippen molar-refractivity contribution in [2.75, 3.05) is 0 Å². The highest BCUT2D eigenvalue weighted by molar-refractivity contribution is 7.89. The van der Waals surface area contributed by atoms with Gasteiger partial charge in [0, 0.05) is 10.6 Å². The highest BCUT2D eigenvalue weighted by atomic mass is 35.5. The lowest BCUT2D eigenvalue weighted by molar-refractivity contribution is 0.586. The van der Waals surface area contributed by atoms with Crippen molar-refractivity contribution in [1.82, 2.24) is 0 Å². The highest BCUT2D eigenvalue weighted by Gasteiger charge is 2.16. The normalized spacial score (nSPS) is 11.1. The average Bonchev–Trinajstić information content (AvgIpc) is 2.43. The van der Waals surface area contributed by atoms with Gasteiger partial charge in [0.15, 0.2) is 9.84 Å². The van der Waals surface area contributed by atoms with Gasteiger partial charge in [-0.25, -0.2) is 12.8 Å². The molecule has 0 aliphatic rings. The molecule has 0 aliphatic heterocycles. The van der Waals surface area contributed by atoms with Crippen LogP contribution in [0.4, 0.5) is 4.39 Å². The lowest BCUT2D eigenvalue weighted by Gasteiger charge is -2.06. The van der Waals surface area contributed by atoms with Crippen LogP contribution >= 0.6 is 11.6 Å². The number of hydrogen-bond donors (Lipinski definition) is 0. The molecule has 21 heavy (non-hydrogen) atoms. The van der Waals surface area contributed by atoms with Crippen LogP contribution in [0.5, 0.6) is 0 Å². The van der Waals surface area contributed by atoms with Gasteiger partial charge in [-0.15, -0.1) is 0 Å². The first-order valence-corrected chi connectivity index (χ1v) is 8.23. The maximum absolute atomic E-state index is 13.7. The van der Waals surface area contributed by atoms with Crippen molar-refractivity contribution < 1.29 is 12.8 Å². The second-order valence-electron chi connectivity index (χ2n) is 4.58. The Morgan fingerprint density at radius 3 is 2.33 bits per heavy atom. The van der Waals surface area contributed by atoms with Gasteiger partial charge in [0.05, 0.1) is 23.1 Å². The molecule has 0 saturated carbocycles. The van der Waals surface area contributed by atoms with Crippen LogP contribution in [0.1, 0.15) is 16.7 Å². The van der Waals surface area contributed by atoms with Gasteiger partial charge >= 0.3 is 0 Å². The van der Waals surface area contributed by atoms with Crippen LogP contribution in [-0.4, -0.2) is 8.42 Å². The average molecular weight is 324 g/mol. The summed E-state index contributed by atoms with van der Waals surface area (Å²) >= 11 is 5.74. The fourth-order valence-corrected chi connectivity index (χ4v) is 3.49. The van der Waals surface area contributed by atoms with Crippen LogP contribution < -0.4 is 0 Å². The lowest BCUT2D eigenvalue weighted by atomic mass is 10.1. The molecule has 0 heterocycles. The molecule has 0 aromatic heterocycles. The molecule has 0 amide bonds. The Morgan fingerprint density at radius 2 is 1.76 bits per heavy atom. The molecule has 6 heteroatoms. The number of hydrogen-bond acceptors (Lipinski definition) is 3. The molecule has 0 spiro atoms. The quantitative estimate of drug-likeness (QED) is 0.865. The molecule has 0 bridgehead atoms. The van der Waals surface area contributed by atoms with E-state index in [4.69, 9.17) is 16.9 Å². The third-order valence-corrected chi connectivity index (χ3v) is 4.63. The van der Waals surface area contributed by atoms with Gasteiger partial charge in [-0.1, -0.05) is 29.8 Å². The Bertz CT molecular complexity index is 795. The van der Waals surface area contributed by atoms with Crippen LogP contribution in [0.2, 0.25) is 5.02 Å². The van der Waals surface area contributed by atoms with E-state index >= 15 is 0 Å². The molecule has 2 rings (SSSR count). The summed E-state index contributed by atoms with van der Waals surface area (Å²) in [7, 11) is -3.51. The van der Waals surface area contributed by atoms with Crippen molar-refractivity contribution in [1.29, 1.82) is 5.26 Å². The minimum absolute atomic E-state index is 0.0583. The Morgan fingerprint density at radius 1 is 1.10 bits per heavy atom. The second kappa shape index (κ2) is 6.25. The van der Waals surface area contributed by atoms with Crippen LogP contribution in [0, 0.1) is 17.1 Å². The predicted molar refractivity (Wildman–Crippen MR) is 78.9 cm³/mol. The first kappa shape index (κ1) is 15.5. The fourth-order valence-electron chi connectivity index (χ4n) is 1.86. The van der Waals surface area contributed by atoms with Gasteiger partial charge in [0.25, 0.3) is 0 Å². The maximum atomic E-state index is 13.7. The van der Waals surface area contributed by atoms with E-state index in [2.05, 4.69) is 0 Å². The second-order valence-corrected chi connectivity index (χ2v) is 7.08. The van der Waals surface area contributed by atoms with Crippen LogP contribution in [0.15, 0.2) is 42.5 Å². The molecule has 0 saturated heterocycles. The number of nitrogens with zero attached hydrogens (tertiary/aromatic N) is 1. The van der Waals surface area contributed by atoms with E-state index in [1.807, 2.05) is 0 Å². The van der Waals surface area contributed by atoms with Crippen molar-refractivity contribution in [2.45, 2.75) is 11.5 Å². The van der Waals surface area contributed by atoms with E-state index in [1.165, 1.54) is 12.1 Å². The number of benzene rings is 2. The summed E-state index contributed by atoms with van der Waals surface area (Å²) < 4.78 is 37.9. The Labute approximate surface area is 127 Å². The van der Waals surface area contributed by atoms with Gasteiger partial charge in [0.2, 0.25) is 0 Å². The fraction of sp³-hybridized carbons (Fsp3) is 0.133. The standard InChI is InChI=1S/C15H11ClFNO2S/c16-14-5-2-11(3-6-14)9-21(19,20)10-13-4-1-12(8-18)7-15(13)17/h1-7H,9-10H2. The summed E-state index contributed by atoms with van der Waals surface area (Å²) in [6, 6.07) is 12.0. The van der Waals surface area contributed by atoms with Gasteiger partial charge in [-0.3, -0.25) is 0 Å². The van der Waals surface area contributed by atoms with Gasteiger partial charge in [0.1, 0.15) is 5.82 Å². The lowest BCUT2D eigenvalue weighted by Crippen LogP contribution is -2.09. The minimum Gasteiger partial charge on any atom is -0.228 e. The van der Waals surface area contributed by atoms with E-state index in [-0.39, 0.29) is 16.9 Å². The van der Waals surface area contributed by atoms with E-state index in [1.54, 1.807) is 30.3 Å². The zero-order valence-corrected chi connectivity index (χ0v) is 12.5. The highest BCUT2D eigenvalue weighted by Crippen LogP contribution is 2.17. The smallest absolute Gasteiger partial charge is 0.158 e. The summed E-state index contributed by atoms with van der Waals surface area (Å²) in [6.07, 6.45) is 0. The molecule has 3 nitrogen and oxygen atoms in total. The first-order chi connectivity index (χ1) is 9.89. The van der Waals surface area contributed by atoms with E-state index in [0.29, 0.717) is 10.6 Å². The SMILES string of the molecule is N#Cc1ccc(CS(=O)(=O)Cc2ccc(Cl)cc2)c(F)c1. The molecule has 2 aromatic rings. The number of rotatable bonds is 4. The van der Waals surface area contributed by atoms with Crippen LogP contribution in [0.3, 0.4) is 0 Å². The monoisotopic (exact) mass is 323 g/mol. The van der Waals surface area contributed by atoms with Crippen molar-refractivity contribution in [3.8, 4) is 6.07 Å². The molecule has 0 N–H and O–H groups in total. The Hall–Kier alpha value is -1.90. The van der Waals surface area contributed by atoms with Crippen molar-refractivity contribution in [3.63, 3.8) is 0 Å². The predicted octanol–water partition coefficient (Wildman–Crippen LogP) is 3.47. The number of nitriles is 1. The summed E-state index contributed by atoms with van der Waals surface area (Å²) in [5.74, 6) is -1.29. The van der Waals surface area contributed by atoms with Crippen molar-refractivity contribution >= 4 is 21.4 Å². The molecule has 108 valence electrons. The number of sulfone groups is 1. The van der Waals surface area contributed by atoms with E-state index in [0.717, 1.165) is 6.07 Å². The third-order valence-electron chi connectivity index (χ3n) is 2.86. The van der Waals surface area contributed by atoms with Gasteiger partial charge < -0.3 is 0 Å². The zero-order chi connectivity index (χ0) is 15.5. The van der Waals surface area contributed by atoms with Gasteiger partial charge in [-0.05, 0) is 29.8 Å². The van der Waals surface area contributed by atoms with Crippen molar-refractivity contribution in [2.24, 2.45) is 0 Å². The summed E-state index contributed by atoms with van der Waals surface area (Å²) in [4.78, 5) is 0. The third kappa shape index (κ3) is 4.28. The molecule has 0 atom stereocenters. The number of halogens is 2. The summed E-state index contributed by atoms with van der Waals surface area (Å²) in [5.41, 5.74) is 0.808. The summed E-state index contributed by atoms with van der Waals surface area (Å²) in [5, 5.41) is 9.18.